The minimum Gasteiger partial charge on any atom is -0.496 e. The van der Waals surface area contributed by atoms with E-state index in [2.05, 4.69) is 4.98 Å². The van der Waals surface area contributed by atoms with Crippen LogP contribution in [0.4, 0.5) is 0 Å². The molecule has 0 aliphatic rings. The van der Waals surface area contributed by atoms with Crippen molar-refractivity contribution in [3.8, 4) is 11.6 Å². The number of hydrogen-bond donors (Lipinski definition) is 1. The highest BCUT2D eigenvalue weighted by atomic mass is 32.2. The highest BCUT2D eigenvalue weighted by molar-refractivity contribution is 7.98. The first-order valence-electron chi connectivity index (χ1n) is 7.10. The van der Waals surface area contributed by atoms with Gasteiger partial charge in [0.25, 0.3) is 0 Å². The molecular formula is C18H20N2O2S. The van der Waals surface area contributed by atoms with Gasteiger partial charge in [-0.1, -0.05) is 0 Å². The number of benzene rings is 1. The third-order valence-electron chi connectivity index (χ3n) is 3.29. The Kier molecular flexibility index (Phi) is 6.11. The normalized spacial score (nSPS) is 12.1. The van der Waals surface area contributed by atoms with Crippen LogP contribution in [0.1, 0.15) is 12.5 Å². The molecule has 0 radical (unpaired) electrons. The van der Waals surface area contributed by atoms with Crippen LogP contribution in [0.5, 0.6) is 11.6 Å². The molecule has 0 saturated heterocycles. The lowest BCUT2D eigenvalue weighted by molar-refractivity contribution is 0.308. The minimum atomic E-state index is 0.530. The zero-order chi connectivity index (χ0) is 16.7. The highest BCUT2D eigenvalue weighted by Gasteiger charge is 2.11. The van der Waals surface area contributed by atoms with Crippen LogP contribution in [-0.4, -0.2) is 18.3 Å². The summed E-state index contributed by atoms with van der Waals surface area (Å²) in [4.78, 5) is 5.53. The highest BCUT2D eigenvalue weighted by Crippen LogP contribution is 2.30. The summed E-state index contributed by atoms with van der Waals surface area (Å²) in [7, 11) is 1.61. The largest absolute Gasteiger partial charge is 0.496 e. The van der Waals surface area contributed by atoms with Crippen LogP contribution in [0, 0.1) is 0 Å². The van der Waals surface area contributed by atoms with Crippen molar-refractivity contribution >= 4 is 17.3 Å². The van der Waals surface area contributed by atoms with Crippen LogP contribution in [0.2, 0.25) is 0 Å². The van der Waals surface area contributed by atoms with Gasteiger partial charge in [-0.25, -0.2) is 4.98 Å². The van der Waals surface area contributed by atoms with Gasteiger partial charge in [-0.2, -0.15) is 0 Å². The number of hydrogen-bond acceptors (Lipinski definition) is 5. The first kappa shape index (κ1) is 17.0. The number of nitrogens with zero attached hydrogens (tertiary/aromatic N) is 1. The van der Waals surface area contributed by atoms with E-state index in [9.17, 15) is 0 Å². The fourth-order valence-corrected chi connectivity index (χ4v) is 2.49. The molecule has 23 heavy (non-hydrogen) atoms. The van der Waals surface area contributed by atoms with Gasteiger partial charge in [-0.3, -0.25) is 0 Å². The summed E-state index contributed by atoms with van der Waals surface area (Å²) in [5, 5.41) is 0. The molecule has 0 spiro atoms. The summed E-state index contributed by atoms with van der Waals surface area (Å²) in [6.07, 6.45) is 6.89. The van der Waals surface area contributed by atoms with Crippen molar-refractivity contribution in [2.75, 3.05) is 13.4 Å². The van der Waals surface area contributed by atoms with Gasteiger partial charge in [0.05, 0.1) is 7.11 Å². The van der Waals surface area contributed by atoms with Crippen molar-refractivity contribution < 1.29 is 9.47 Å². The van der Waals surface area contributed by atoms with Gasteiger partial charge in [0.2, 0.25) is 5.88 Å². The molecule has 1 aromatic heterocycles. The Hall–Kier alpha value is -2.40. The van der Waals surface area contributed by atoms with E-state index in [1.807, 2.05) is 49.6 Å². The van der Waals surface area contributed by atoms with E-state index >= 15 is 0 Å². The van der Waals surface area contributed by atoms with Gasteiger partial charge in [0.1, 0.15) is 11.5 Å². The Labute approximate surface area is 141 Å². The second-order valence-electron chi connectivity index (χ2n) is 4.69. The first-order valence-corrected chi connectivity index (χ1v) is 8.32. The molecule has 0 atom stereocenters. The molecule has 2 aromatic rings. The van der Waals surface area contributed by atoms with Crippen molar-refractivity contribution in [2.45, 2.75) is 11.8 Å². The van der Waals surface area contributed by atoms with E-state index in [0.717, 1.165) is 16.9 Å². The van der Waals surface area contributed by atoms with Crippen molar-refractivity contribution in [1.29, 1.82) is 0 Å². The fourth-order valence-electron chi connectivity index (χ4n) is 2.08. The maximum atomic E-state index is 5.94. The molecule has 2 N–H and O–H groups in total. The number of thioether (sulfide) groups is 1. The van der Waals surface area contributed by atoms with E-state index in [1.54, 1.807) is 31.1 Å². The van der Waals surface area contributed by atoms with E-state index in [-0.39, 0.29) is 0 Å². The number of allylic oxidation sites excluding steroid dienone is 2. The van der Waals surface area contributed by atoms with Gasteiger partial charge in [0, 0.05) is 22.2 Å². The topological polar surface area (TPSA) is 57.4 Å². The van der Waals surface area contributed by atoms with Crippen LogP contribution < -0.4 is 10.5 Å². The predicted octanol–water partition coefficient (Wildman–Crippen LogP) is 4.45. The Balaban J connectivity index is 2.36. The van der Waals surface area contributed by atoms with Gasteiger partial charge in [-0.15, -0.1) is 11.8 Å². The quantitative estimate of drug-likeness (QED) is 0.482. The van der Waals surface area contributed by atoms with E-state index in [0.29, 0.717) is 11.6 Å². The maximum absolute atomic E-state index is 5.94. The Morgan fingerprint density at radius 1 is 1.22 bits per heavy atom. The standard InChI is InChI=1S/C18H20N2O2S/c1-13(17(21-2)10-11-19)16-5-4-12-20-18(16)22-14-6-8-15(23-3)9-7-14/h4-12H,19H2,1-3H3/b11-10-,17-13-. The smallest absolute Gasteiger partial charge is 0.226 e. The molecular weight excluding hydrogens is 308 g/mol. The lowest BCUT2D eigenvalue weighted by Crippen LogP contribution is -1.96. The zero-order valence-electron chi connectivity index (χ0n) is 13.4. The van der Waals surface area contributed by atoms with E-state index < -0.39 is 0 Å². The van der Waals surface area contributed by atoms with Gasteiger partial charge < -0.3 is 15.2 Å². The van der Waals surface area contributed by atoms with Crippen molar-refractivity contribution in [2.24, 2.45) is 5.73 Å². The number of ether oxygens (including phenoxy) is 2. The lowest BCUT2D eigenvalue weighted by atomic mass is 10.1. The molecule has 2 rings (SSSR count). The predicted molar refractivity (Wildman–Crippen MR) is 95.5 cm³/mol. The molecule has 5 heteroatoms. The average Bonchev–Trinajstić information content (AvgIpc) is 2.60. The van der Waals surface area contributed by atoms with Gasteiger partial charge >= 0.3 is 0 Å². The number of pyridine rings is 1. The summed E-state index contributed by atoms with van der Waals surface area (Å²) in [6.45, 7) is 1.94. The molecule has 0 aliphatic carbocycles. The van der Waals surface area contributed by atoms with Crippen molar-refractivity contribution in [3.63, 3.8) is 0 Å². The molecule has 0 fully saturated rings. The van der Waals surface area contributed by atoms with E-state index in [1.165, 1.54) is 11.1 Å². The summed E-state index contributed by atoms with van der Waals surface area (Å²) in [5.41, 5.74) is 7.22. The van der Waals surface area contributed by atoms with Crippen LogP contribution in [-0.2, 0) is 4.74 Å². The number of aromatic nitrogens is 1. The third kappa shape index (κ3) is 4.29. The third-order valence-corrected chi connectivity index (χ3v) is 4.03. The van der Waals surface area contributed by atoms with Gasteiger partial charge in [0.15, 0.2) is 0 Å². The zero-order valence-corrected chi connectivity index (χ0v) is 14.3. The molecule has 1 aromatic carbocycles. The average molecular weight is 328 g/mol. The van der Waals surface area contributed by atoms with Crippen LogP contribution in [0.15, 0.2) is 65.5 Å². The van der Waals surface area contributed by atoms with Crippen LogP contribution in [0.25, 0.3) is 5.57 Å². The lowest BCUT2D eigenvalue weighted by Gasteiger charge is -2.12. The summed E-state index contributed by atoms with van der Waals surface area (Å²) in [5.74, 6) is 1.94. The van der Waals surface area contributed by atoms with Crippen LogP contribution >= 0.6 is 11.8 Å². The Morgan fingerprint density at radius 3 is 2.57 bits per heavy atom. The molecule has 0 bridgehead atoms. The Morgan fingerprint density at radius 2 is 1.96 bits per heavy atom. The molecule has 0 unspecified atom stereocenters. The van der Waals surface area contributed by atoms with Crippen LogP contribution in [0.3, 0.4) is 0 Å². The summed E-state index contributed by atoms with van der Waals surface area (Å²) in [6, 6.07) is 11.7. The number of methoxy groups -OCH3 is 1. The molecule has 120 valence electrons. The second kappa shape index (κ2) is 8.29. The van der Waals surface area contributed by atoms with E-state index in [4.69, 9.17) is 15.2 Å². The van der Waals surface area contributed by atoms with Crippen molar-refractivity contribution in [3.05, 3.63) is 66.2 Å². The SMILES string of the molecule is COC(/C=C\N)=C(/C)c1cccnc1Oc1ccc(SC)cc1. The Bertz CT molecular complexity index is 709. The monoisotopic (exact) mass is 328 g/mol. The fraction of sp³-hybridized carbons (Fsp3) is 0.167. The summed E-state index contributed by atoms with van der Waals surface area (Å²) < 4.78 is 11.3. The molecule has 0 amide bonds. The molecule has 1 heterocycles. The van der Waals surface area contributed by atoms with Gasteiger partial charge in [-0.05, 0) is 61.9 Å². The maximum Gasteiger partial charge on any atom is 0.226 e. The van der Waals surface area contributed by atoms with Crippen molar-refractivity contribution in [1.82, 2.24) is 4.98 Å². The molecule has 0 aliphatic heterocycles. The number of nitrogens with two attached hydrogens (primary N) is 1. The molecule has 4 nitrogen and oxygen atoms in total. The summed E-state index contributed by atoms with van der Waals surface area (Å²) >= 11 is 1.69. The number of rotatable bonds is 6. The minimum absolute atomic E-state index is 0.530. The second-order valence-corrected chi connectivity index (χ2v) is 5.57. The molecule has 0 saturated carbocycles. The first-order chi connectivity index (χ1) is 11.2.